The highest BCUT2D eigenvalue weighted by atomic mass is 16.2. The molecule has 1 aromatic carbocycles. The van der Waals surface area contributed by atoms with Gasteiger partial charge in [0.05, 0.1) is 5.39 Å². The number of fused-ring (bicyclic) bond motifs is 1. The number of aromatic nitrogens is 3. The molecule has 3 aromatic rings. The van der Waals surface area contributed by atoms with Crippen molar-refractivity contribution in [1.29, 1.82) is 0 Å². The van der Waals surface area contributed by atoms with E-state index in [1.54, 1.807) is 6.07 Å². The van der Waals surface area contributed by atoms with Crippen LogP contribution in [0.2, 0.25) is 0 Å². The van der Waals surface area contributed by atoms with Crippen molar-refractivity contribution in [3.05, 3.63) is 58.1 Å². The van der Waals surface area contributed by atoms with Gasteiger partial charge in [0, 0.05) is 17.0 Å². The maximum Gasteiger partial charge on any atom is 0.274 e. The molecule has 0 saturated carbocycles. The second kappa shape index (κ2) is 6.52. The van der Waals surface area contributed by atoms with E-state index in [4.69, 9.17) is 0 Å². The fourth-order valence-electron chi connectivity index (χ4n) is 2.22. The second-order valence-corrected chi connectivity index (χ2v) is 7.17. The number of carbonyl (C=O) groups excluding carboxylic acids is 1. The molecule has 2 N–H and O–H groups in total. The first-order chi connectivity index (χ1) is 12.2. The van der Waals surface area contributed by atoms with E-state index in [2.05, 4.69) is 27.2 Å². The summed E-state index contributed by atoms with van der Waals surface area (Å²) in [6, 6.07) is 12.1. The molecule has 26 heavy (non-hydrogen) atoms. The third-order valence-corrected chi connectivity index (χ3v) is 3.85. The molecule has 0 aliphatic heterocycles. The zero-order valence-corrected chi connectivity index (χ0v) is 15.2. The molecule has 0 aliphatic carbocycles. The second-order valence-electron chi connectivity index (χ2n) is 7.17. The van der Waals surface area contributed by atoms with Crippen LogP contribution in [0.3, 0.4) is 0 Å². The van der Waals surface area contributed by atoms with Gasteiger partial charge in [-0.25, -0.2) is 9.55 Å². The smallest absolute Gasteiger partial charge is 0.274 e. The third-order valence-electron chi connectivity index (χ3n) is 3.85. The molecule has 6 heteroatoms. The highest BCUT2D eigenvalue weighted by Gasteiger charge is 2.22. The van der Waals surface area contributed by atoms with E-state index in [0.29, 0.717) is 16.9 Å². The summed E-state index contributed by atoms with van der Waals surface area (Å²) in [6.45, 7) is 7.45. The normalized spacial score (nSPS) is 11.1. The largest absolute Gasteiger partial charge is 0.326 e. The van der Waals surface area contributed by atoms with Crippen LogP contribution < -0.4 is 10.9 Å². The fraction of sp³-hybridized carbons (Fsp3) is 0.250. The number of amides is 1. The Kier molecular flexibility index (Phi) is 4.39. The van der Waals surface area contributed by atoms with Crippen molar-refractivity contribution >= 4 is 22.8 Å². The number of hydrogen-bond acceptors (Lipinski definition) is 3. The molecule has 0 atom stereocenters. The molecule has 0 unspecified atom stereocenters. The molecule has 132 valence electrons. The van der Waals surface area contributed by atoms with Gasteiger partial charge in [-0.15, -0.1) is 0 Å². The minimum atomic E-state index is -0.537. The average Bonchev–Trinajstić information content (AvgIpc) is 2.98. The quantitative estimate of drug-likeness (QED) is 0.664. The molecule has 0 bridgehead atoms. The Balaban J connectivity index is 1.93. The van der Waals surface area contributed by atoms with Gasteiger partial charge in [0.2, 0.25) is 5.91 Å². The Morgan fingerprint density at radius 2 is 1.92 bits per heavy atom. The maximum absolute atomic E-state index is 12.6. The van der Waals surface area contributed by atoms with Crippen molar-refractivity contribution in [1.82, 2.24) is 14.5 Å². The van der Waals surface area contributed by atoms with Gasteiger partial charge in [-0.2, -0.15) is 0 Å². The van der Waals surface area contributed by atoms with E-state index in [0.717, 1.165) is 11.1 Å². The fourth-order valence-corrected chi connectivity index (χ4v) is 2.22. The van der Waals surface area contributed by atoms with E-state index in [9.17, 15) is 9.59 Å². The number of hydrogen-bond donors (Lipinski definition) is 2. The molecule has 0 fully saturated rings. The summed E-state index contributed by atoms with van der Waals surface area (Å²) in [7, 11) is 0. The lowest BCUT2D eigenvalue weighted by molar-refractivity contribution is -0.123. The molecule has 2 heterocycles. The van der Waals surface area contributed by atoms with Crippen molar-refractivity contribution in [3.8, 4) is 12.0 Å². The molecule has 0 spiro atoms. The van der Waals surface area contributed by atoms with Gasteiger partial charge in [-0.3, -0.25) is 9.59 Å². The van der Waals surface area contributed by atoms with Crippen LogP contribution in [-0.2, 0) is 4.79 Å². The van der Waals surface area contributed by atoms with Crippen LogP contribution in [0.15, 0.2) is 41.5 Å². The molecular weight excluding hydrogens is 328 g/mol. The molecule has 1 amide bonds. The number of anilines is 1. The number of benzene rings is 1. The topological polar surface area (TPSA) is 79.8 Å². The van der Waals surface area contributed by atoms with Gasteiger partial charge in [0.25, 0.3) is 5.56 Å². The Morgan fingerprint density at radius 1 is 1.23 bits per heavy atom. The number of carbonyl (C=O) groups is 1. The standard InChI is InChI=1S/C20H20N4O2/c1-13-5-7-14(8-6-13)9-10-24-12-21-17-15(18(24)25)11-16(22-17)23-19(26)20(2,3)4/h5-8,11-12,22H,1-4H3,(H,23,26). The van der Waals surface area contributed by atoms with Crippen LogP contribution in [0.5, 0.6) is 0 Å². The summed E-state index contributed by atoms with van der Waals surface area (Å²) < 4.78 is 1.24. The SMILES string of the molecule is Cc1ccc(C#Cn2cnc3[nH]c(NC(=O)C(C)(C)C)cc3c2=O)cc1. The minimum Gasteiger partial charge on any atom is -0.326 e. The van der Waals surface area contributed by atoms with Gasteiger partial charge < -0.3 is 10.3 Å². The lowest BCUT2D eigenvalue weighted by atomic mass is 9.96. The van der Waals surface area contributed by atoms with Gasteiger partial charge in [-0.05, 0) is 31.0 Å². The highest BCUT2D eigenvalue weighted by molar-refractivity contribution is 5.96. The number of aryl methyl sites for hydroxylation is 1. The first-order valence-electron chi connectivity index (χ1n) is 8.24. The average molecular weight is 348 g/mol. The summed E-state index contributed by atoms with van der Waals surface area (Å²) >= 11 is 0. The van der Waals surface area contributed by atoms with E-state index in [1.165, 1.54) is 10.9 Å². The zero-order valence-electron chi connectivity index (χ0n) is 15.2. The van der Waals surface area contributed by atoms with E-state index in [-0.39, 0.29) is 11.5 Å². The van der Waals surface area contributed by atoms with E-state index in [1.807, 2.05) is 52.0 Å². The van der Waals surface area contributed by atoms with Gasteiger partial charge in [0.1, 0.15) is 17.8 Å². The summed E-state index contributed by atoms with van der Waals surface area (Å²) in [6.07, 6.45) is 1.37. The first kappa shape index (κ1) is 17.5. The summed E-state index contributed by atoms with van der Waals surface area (Å²) in [5.41, 5.74) is 1.54. The van der Waals surface area contributed by atoms with Crippen LogP contribution in [0.25, 0.3) is 11.0 Å². The Labute approximate surface area is 151 Å². The van der Waals surface area contributed by atoms with Crippen molar-refractivity contribution < 1.29 is 4.79 Å². The summed E-state index contributed by atoms with van der Waals surface area (Å²) in [5, 5.41) is 3.13. The molecule has 3 rings (SSSR count). The Morgan fingerprint density at radius 3 is 2.58 bits per heavy atom. The van der Waals surface area contributed by atoms with Crippen LogP contribution in [0.4, 0.5) is 5.82 Å². The van der Waals surface area contributed by atoms with E-state index >= 15 is 0 Å². The summed E-state index contributed by atoms with van der Waals surface area (Å²) in [4.78, 5) is 31.8. The van der Waals surface area contributed by atoms with Crippen LogP contribution in [0, 0.1) is 24.3 Å². The van der Waals surface area contributed by atoms with Gasteiger partial charge in [-0.1, -0.05) is 38.5 Å². The number of H-pyrrole nitrogens is 1. The molecule has 2 aromatic heterocycles. The number of nitrogens with one attached hydrogen (secondary N) is 2. The Bertz CT molecular complexity index is 1090. The predicted octanol–water partition coefficient (Wildman–Crippen LogP) is 2.87. The van der Waals surface area contributed by atoms with E-state index < -0.39 is 5.41 Å². The van der Waals surface area contributed by atoms with Crippen molar-refractivity contribution in [3.63, 3.8) is 0 Å². The predicted molar refractivity (Wildman–Crippen MR) is 102 cm³/mol. The monoisotopic (exact) mass is 348 g/mol. The first-order valence-corrected chi connectivity index (χ1v) is 8.24. The van der Waals surface area contributed by atoms with Gasteiger partial charge in [0.15, 0.2) is 0 Å². The molecular formula is C20H20N4O2. The van der Waals surface area contributed by atoms with Gasteiger partial charge >= 0.3 is 0 Å². The molecule has 0 aliphatic rings. The minimum absolute atomic E-state index is 0.149. The van der Waals surface area contributed by atoms with Crippen LogP contribution in [0.1, 0.15) is 31.9 Å². The Hall–Kier alpha value is -3.33. The van der Waals surface area contributed by atoms with Crippen LogP contribution in [-0.4, -0.2) is 20.4 Å². The van der Waals surface area contributed by atoms with Crippen LogP contribution >= 0.6 is 0 Å². The van der Waals surface area contributed by atoms with Crippen molar-refractivity contribution in [2.24, 2.45) is 5.41 Å². The molecule has 6 nitrogen and oxygen atoms in total. The zero-order chi connectivity index (χ0) is 18.9. The maximum atomic E-state index is 12.6. The lowest BCUT2D eigenvalue weighted by Crippen LogP contribution is -2.27. The van der Waals surface area contributed by atoms with Crippen molar-refractivity contribution in [2.45, 2.75) is 27.7 Å². The summed E-state index contributed by atoms with van der Waals surface area (Å²) in [5.74, 6) is 3.23. The van der Waals surface area contributed by atoms with Crippen molar-refractivity contribution in [2.75, 3.05) is 5.32 Å². The number of nitrogens with zero attached hydrogens (tertiary/aromatic N) is 2. The lowest BCUT2D eigenvalue weighted by Gasteiger charge is -2.16. The number of rotatable bonds is 1. The number of aromatic amines is 1. The third kappa shape index (κ3) is 3.67. The highest BCUT2D eigenvalue weighted by Crippen LogP contribution is 2.18. The molecule has 0 saturated heterocycles. The molecule has 0 radical (unpaired) electrons.